The molecule has 2 rings (SSSR count). The molecular weight excluding hydrogens is 392 g/mol. The van der Waals surface area contributed by atoms with E-state index in [9.17, 15) is 17.6 Å². The van der Waals surface area contributed by atoms with Gasteiger partial charge in [0.25, 0.3) is 0 Å². The van der Waals surface area contributed by atoms with Gasteiger partial charge in [0, 0.05) is 8.95 Å². The fourth-order valence-electron chi connectivity index (χ4n) is 1.61. The molecule has 0 unspecified atom stereocenters. The molecule has 0 fully saturated rings. The molecule has 6 heteroatoms. The van der Waals surface area contributed by atoms with Crippen molar-refractivity contribution in [1.29, 1.82) is 0 Å². The van der Waals surface area contributed by atoms with Crippen molar-refractivity contribution in [3.63, 3.8) is 0 Å². The van der Waals surface area contributed by atoms with Crippen LogP contribution in [0.1, 0.15) is 5.56 Å². The summed E-state index contributed by atoms with van der Waals surface area (Å²) in [6.45, 7) is 0. The second-order valence-electron chi connectivity index (χ2n) is 3.82. The van der Waals surface area contributed by atoms with E-state index in [0.717, 1.165) is 12.1 Å². The van der Waals surface area contributed by atoms with E-state index >= 15 is 0 Å². The second-order valence-corrected chi connectivity index (χ2v) is 5.53. The fraction of sp³-hybridized carbons (Fsp3) is 0.0769. The minimum absolute atomic E-state index is 0.279. The summed E-state index contributed by atoms with van der Waals surface area (Å²) in [6.07, 6.45) is -4.44. The van der Waals surface area contributed by atoms with Crippen LogP contribution in [0.2, 0.25) is 0 Å². The SMILES string of the molecule is Fc1ccc(Br)c(-c2cc(C(F)(F)F)ccc2Br)c1. The Bertz CT molecular complexity index is 621. The number of alkyl halides is 3. The first-order valence-corrected chi connectivity index (χ1v) is 6.70. The van der Waals surface area contributed by atoms with E-state index < -0.39 is 17.6 Å². The zero-order chi connectivity index (χ0) is 14.2. The maximum absolute atomic E-state index is 13.2. The van der Waals surface area contributed by atoms with Gasteiger partial charge in [-0.25, -0.2) is 4.39 Å². The molecule has 0 aliphatic carbocycles. The summed E-state index contributed by atoms with van der Waals surface area (Å²) in [5, 5.41) is 0. The molecule has 0 saturated carbocycles. The summed E-state index contributed by atoms with van der Waals surface area (Å²) >= 11 is 6.39. The zero-order valence-corrected chi connectivity index (χ0v) is 12.4. The largest absolute Gasteiger partial charge is 0.416 e. The van der Waals surface area contributed by atoms with Gasteiger partial charge in [-0.2, -0.15) is 13.2 Å². The first-order valence-electron chi connectivity index (χ1n) is 5.11. The Labute approximate surface area is 123 Å². The van der Waals surface area contributed by atoms with Crippen molar-refractivity contribution in [3.8, 4) is 11.1 Å². The molecule has 0 atom stereocenters. The predicted octanol–water partition coefficient (Wildman–Crippen LogP) is 6.04. The standard InChI is InChI=1S/C13H6Br2F4/c14-11-3-1-7(13(17,18)19)5-9(11)10-6-8(16)2-4-12(10)15/h1-6H. The zero-order valence-electron chi connectivity index (χ0n) is 9.23. The normalized spacial score (nSPS) is 11.7. The highest BCUT2D eigenvalue weighted by Crippen LogP contribution is 2.38. The van der Waals surface area contributed by atoms with Crippen molar-refractivity contribution in [2.75, 3.05) is 0 Å². The van der Waals surface area contributed by atoms with E-state index in [0.29, 0.717) is 14.5 Å². The molecule has 0 bridgehead atoms. The molecule has 100 valence electrons. The van der Waals surface area contributed by atoms with E-state index in [1.165, 1.54) is 24.3 Å². The Morgan fingerprint density at radius 3 is 1.89 bits per heavy atom. The molecule has 0 aliphatic heterocycles. The third-order valence-electron chi connectivity index (χ3n) is 2.51. The number of hydrogen-bond acceptors (Lipinski definition) is 0. The first kappa shape index (κ1) is 14.5. The van der Waals surface area contributed by atoms with Gasteiger partial charge in [-0.05, 0) is 47.5 Å². The van der Waals surface area contributed by atoms with E-state index in [1.807, 2.05) is 0 Å². The lowest BCUT2D eigenvalue weighted by Gasteiger charge is -2.12. The highest BCUT2D eigenvalue weighted by Gasteiger charge is 2.31. The van der Waals surface area contributed by atoms with E-state index in [-0.39, 0.29) is 5.56 Å². The molecule has 0 saturated heterocycles. The second kappa shape index (κ2) is 5.25. The van der Waals surface area contributed by atoms with E-state index in [2.05, 4.69) is 31.9 Å². The molecule has 19 heavy (non-hydrogen) atoms. The van der Waals surface area contributed by atoms with Gasteiger partial charge in [0.1, 0.15) is 5.82 Å². The van der Waals surface area contributed by atoms with E-state index in [1.54, 1.807) is 0 Å². The molecule has 0 spiro atoms. The number of halogens is 6. The minimum Gasteiger partial charge on any atom is -0.207 e. The van der Waals surface area contributed by atoms with Crippen molar-refractivity contribution in [2.45, 2.75) is 6.18 Å². The molecule has 0 radical (unpaired) electrons. The van der Waals surface area contributed by atoms with Crippen LogP contribution in [0.4, 0.5) is 17.6 Å². The number of rotatable bonds is 1. The highest BCUT2D eigenvalue weighted by molar-refractivity contribution is 9.11. The average Bonchev–Trinajstić information content (AvgIpc) is 2.32. The average molecular weight is 398 g/mol. The minimum atomic E-state index is -4.44. The summed E-state index contributed by atoms with van der Waals surface area (Å²) in [4.78, 5) is 0. The monoisotopic (exact) mass is 396 g/mol. The summed E-state index contributed by atoms with van der Waals surface area (Å²) < 4.78 is 52.3. The lowest BCUT2D eigenvalue weighted by molar-refractivity contribution is -0.137. The van der Waals surface area contributed by atoms with Crippen LogP contribution in [-0.4, -0.2) is 0 Å². The van der Waals surface area contributed by atoms with Crippen LogP contribution in [0.3, 0.4) is 0 Å². The van der Waals surface area contributed by atoms with Crippen molar-refractivity contribution in [2.24, 2.45) is 0 Å². The van der Waals surface area contributed by atoms with Crippen molar-refractivity contribution < 1.29 is 17.6 Å². The lowest BCUT2D eigenvalue weighted by Crippen LogP contribution is -2.04. The van der Waals surface area contributed by atoms with Gasteiger partial charge in [0.05, 0.1) is 5.56 Å². The molecule has 0 aliphatic rings. The van der Waals surface area contributed by atoms with Gasteiger partial charge < -0.3 is 0 Å². The van der Waals surface area contributed by atoms with Crippen LogP contribution in [0.5, 0.6) is 0 Å². The molecule has 0 aromatic heterocycles. The van der Waals surface area contributed by atoms with Gasteiger partial charge in [-0.3, -0.25) is 0 Å². The number of benzene rings is 2. The lowest BCUT2D eigenvalue weighted by atomic mass is 10.0. The van der Waals surface area contributed by atoms with Crippen LogP contribution in [0.25, 0.3) is 11.1 Å². The third-order valence-corrected chi connectivity index (χ3v) is 3.90. The van der Waals surface area contributed by atoms with Crippen LogP contribution in [0, 0.1) is 5.82 Å². The highest BCUT2D eigenvalue weighted by atomic mass is 79.9. The van der Waals surface area contributed by atoms with Crippen LogP contribution < -0.4 is 0 Å². The summed E-state index contributed by atoms with van der Waals surface area (Å²) in [5.74, 6) is -0.512. The third kappa shape index (κ3) is 3.17. The maximum atomic E-state index is 13.2. The van der Waals surface area contributed by atoms with Crippen LogP contribution >= 0.6 is 31.9 Å². The van der Waals surface area contributed by atoms with Crippen LogP contribution in [0.15, 0.2) is 45.3 Å². The number of hydrogen-bond donors (Lipinski definition) is 0. The first-order chi connectivity index (χ1) is 8.79. The van der Waals surface area contributed by atoms with E-state index in [4.69, 9.17) is 0 Å². The summed E-state index contributed by atoms with van der Waals surface area (Å²) in [7, 11) is 0. The summed E-state index contributed by atoms with van der Waals surface area (Å²) in [5.41, 5.74) is -0.138. The molecule has 0 heterocycles. The maximum Gasteiger partial charge on any atom is 0.416 e. The van der Waals surface area contributed by atoms with Crippen molar-refractivity contribution in [3.05, 3.63) is 56.7 Å². The van der Waals surface area contributed by atoms with Gasteiger partial charge >= 0.3 is 6.18 Å². The molecule has 2 aromatic rings. The van der Waals surface area contributed by atoms with Crippen molar-refractivity contribution in [1.82, 2.24) is 0 Å². The Kier molecular flexibility index (Phi) is 4.01. The Balaban J connectivity index is 2.64. The summed E-state index contributed by atoms with van der Waals surface area (Å²) in [6, 6.07) is 7.14. The molecular formula is C13H6Br2F4. The smallest absolute Gasteiger partial charge is 0.207 e. The van der Waals surface area contributed by atoms with Crippen molar-refractivity contribution >= 4 is 31.9 Å². The molecule has 2 aromatic carbocycles. The van der Waals surface area contributed by atoms with Gasteiger partial charge in [0.15, 0.2) is 0 Å². The van der Waals surface area contributed by atoms with Gasteiger partial charge in [0.2, 0.25) is 0 Å². The molecule has 0 N–H and O–H groups in total. The fourth-order valence-corrected chi connectivity index (χ4v) is 2.53. The quantitative estimate of drug-likeness (QED) is 0.515. The predicted molar refractivity (Wildman–Crippen MR) is 72.2 cm³/mol. The van der Waals surface area contributed by atoms with Gasteiger partial charge in [-0.15, -0.1) is 0 Å². The Morgan fingerprint density at radius 1 is 0.789 bits per heavy atom. The topological polar surface area (TPSA) is 0 Å². The molecule has 0 nitrogen and oxygen atoms in total. The van der Waals surface area contributed by atoms with Crippen LogP contribution in [-0.2, 0) is 6.18 Å². The Morgan fingerprint density at radius 2 is 1.32 bits per heavy atom. The Hall–Kier alpha value is -0.880. The van der Waals surface area contributed by atoms with Gasteiger partial charge in [-0.1, -0.05) is 31.9 Å². The molecule has 0 amide bonds.